The summed E-state index contributed by atoms with van der Waals surface area (Å²) in [5.74, 6) is 1.70. The molecule has 0 atom stereocenters. The number of aromatic nitrogens is 2. The van der Waals surface area contributed by atoms with Crippen molar-refractivity contribution in [1.29, 1.82) is 0 Å². The number of amides is 1. The molecule has 6 nitrogen and oxygen atoms in total. The summed E-state index contributed by atoms with van der Waals surface area (Å²) in [6.07, 6.45) is 0. The highest BCUT2D eigenvalue weighted by molar-refractivity contribution is 5.94. The summed E-state index contributed by atoms with van der Waals surface area (Å²) in [5, 5.41) is 0.530. The number of ether oxygens (including phenoxy) is 1. The van der Waals surface area contributed by atoms with Crippen molar-refractivity contribution in [2.24, 2.45) is 0 Å². The standard InChI is InChI=1S/C25H23N3O3/c1-17(2)28(16-23-26-22-11-7-6-10-21(22)24(29)27-23)25(30)18-12-14-20(15-13-18)31-19-8-4-3-5-9-19/h3-15,17H,16H2,1-2H3,(H,26,27,29). The number of fused-ring (bicyclic) bond motifs is 1. The molecule has 0 aliphatic heterocycles. The predicted molar refractivity (Wildman–Crippen MR) is 120 cm³/mol. The van der Waals surface area contributed by atoms with E-state index in [9.17, 15) is 9.59 Å². The van der Waals surface area contributed by atoms with Gasteiger partial charge in [-0.1, -0.05) is 30.3 Å². The van der Waals surface area contributed by atoms with Crippen molar-refractivity contribution in [3.63, 3.8) is 0 Å². The quantitative estimate of drug-likeness (QED) is 0.494. The zero-order valence-electron chi connectivity index (χ0n) is 17.4. The fourth-order valence-corrected chi connectivity index (χ4v) is 3.32. The minimum absolute atomic E-state index is 0.0792. The highest BCUT2D eigenvalue weighted by Gasteiger charge is 2.20. The first kappa shape index (κ1) is 20.3. The Kier molecular flexibility index (Phi) is 5.80. The van der Waals surface area contributed by atoms with Crippen LogP contribution in [0.4, 0.5) is 0 Å². The van der Waals surface area contributed by atoms with Crippen molar-refractivity contribution in [3.05, 3.63) is 101 Å². The zero-order chi connectivity index (χ0) is 21.8. The summed E-state index contributed by atoms with van der Waals surface area (Å²) < 4.78 is 5.80. The van der Waals surface area contributed by atoms with Gasteiger partial charge < -0.3 is 14.6 Å². The molecular formula is C25H23N3O3. The number of benzene rings is 3. The molecule has 1 aromatic heterocycles. The van der Waals surface area contributed by atoms with Gasteiger partial charge in [-0.3, -0.25) is 9.59 Å². The summed E-state index contributed by atoms with van der Waals surface area (Å²) >= 11 is 0. The van der Waals surface area contributed by atoms with Crippen LogP contribution in [0.5, 0.6) is 11.5 Å². The van der Waals surface area contributed by atoms with Crippen LogP contribution in [0.15, 0.2) is 83.7 Å². The summed E-state index contributed by atoms with van der Waals surface area (Å²) in [4.78, 5) is 34.5. The normalized spacial score (nSPS) is 10.9. The average Bonchev–Trinajstić information content (AvgIpc) is 2.78. The van der Waals surface area contributed by atoms with E-state index in [2.05, 4.69) is 9.97 Å². The molecule has 1 amide bonds. The SMILES string of the molecule is CC(C)N(Cc1nc2ccccc2c(=O)[nH]1)C(=O)c1ccc(Oc2ccccc2)cc1. The van der Waals surface area contributed by atoms with Gasteiger partial charge in [-0.15, -0.1) is 0 Å². The predicted octanol–water partition coefficient (Wildman–Crippen LogP) is 4.77. The third kappa shape index (κ3) is 4.64. The minimum Gasteiger partial charge on any atom is -0.457 e. The van der Waals surface area contributed by atoms with E-state index in [1.807, 2.05) is 50.2 Å². The molecule has 0 aliphatic carbocycles. The monoisotopic (exact) mass is 413 g/mol. The number of para-hydroxylation sites is 2. The number of carbonyl (C=O) groups is 1. The van der Waals surface area contributed by atoms with Crippen molar-refractivity contribution in [2.45, 2.75) is 26.4 Å². The molecular weight excluding hydrogens is 390 g/mol. The van der Waals surface area contributed by atoms with Gasteiger partial charge in [0.1, 0.15) is 17.3 Å². The fourth-order valence-electron chi connectivity index (χ4n) is 3.32. The number of nitrogens with zero attached hydrogens (tertiary/aromatic N) is 2. The lowest BCUT2D eigenvalue weighted by Crippen LogP contribution is -2.37. The van der Waals surface area contributed by atoms with E-state index in [-0.39, 0.29) is 24.1 Å². The second-order valence-corrected chi connectivity index (χ2v) is 7.50. The van der Waals surface area contributed by atoms with Gasteiger partial charge in [-0.2, -0.15) is 0 Å². The lowest BCUT2D eigenvalue weighted by Gasteiger charge is -2.26. The third-order valence-corrected chi connectivity index (χ3v) is 4.95. The van der Waals surface area contributed by atoms with Gasteiger partial charge in [0.05, 0.1) is 17.4 Å². The van der Waals surface area contributed by atoms with Crippen molar-refractivity contribution in [1.82, 2.24) is 14.9 Å². The van der Waals surface area contributed by atoms with Crippen LogP contribution < -0.4 is 10.3 Å². The Labute approximate surface area is 180 Å². The molecule has 0 bridgehead atoms. The number of aromatic amines is 1. The van der Waals surface area contributed by atoms with Gasteiger partial charge >= 0.3 is 0 Å². The van der Waals surface area contributed by atoms with Crippen LogP contribution in [0.3, 0.4) is 0 Å². The molecule has 0 aliphatic rings. The minimum atomic E-state index is -0.209. The van der Waals surface area contributed by atoms with E-state index >= 15 is 0 Å². The van der Waals surface area contributed by atoms with E-state index in [1.165, 1.54) is 0 Å². The zero-order valence-corrected chi connectivity index (χ0v) is 17.4. The number of hydrogen-bond acceptors (Lipinski definition) is 4. The van der Waals surface area contributed by atoms with Crippen LogP contribution in [-0.2, 0) is 6.54 Å². The number of H-pyrrole nitrogens is 1. The van der Waals surface area contributed by atoms with Crippen LogP contribution >= 0.6 is 0 Å². The van der Waals surface area contributed by atoms with Crippen molar-refractivity contribution >= 4 is 16.8 Å². The Morgan fingerprint density at radius 2 is 1.58 bits per heavy atom. The molecule has 3 aromatic carbocycles. The number of hydrogen-bond donors (Lipinski definition) is 1. The Hall–Kier alpha value is -3.93. The van der Waals surface area contributed by atoms with E-state index in [1.54, 1.807) is 47.4 Å². The molecule has 0 saturated carbocycles. The molecule has 0 saturated heterocycles. The molecule has 1 N–H and O–H groups in total. The van der Waals surface area contributed by atoms with Crippen LogP contribution in [-0.4, -0.2) is 26.8 Å². The maximum absolute atomic E-state index is 13.2. The van der Waals surface area contributed by atoms with Gasteiger partial charge in [0.2, 0.25) is 0 Å². The molecule has 0 radical (unpaired) electrons. The average molecular weight is 413 g/mol. The van der Waals surface area contributed by atoms with Crippen molar-refractivity contribution in [3.8, 4) is 11.5 Å². The number of rotatable bonds is 6. The molecule has 4 rings (SSSR count). The molecule has 0 spiro atoms. The lowest BCUT2D eigenvalue weighted by atomic mass is 10.1. The Morgan fingerprint density at radius 3 is 2.29 bits per heavy atom. The van der Waals surface area contributed by atoms with Gasteiger partial charge in [-0.05, 0) is 62.4 Å². The molecule has 4 aromatic rings. The molecule has 156 valence electrons. The highest BCUT2D eigenvalue weighted by atomic mass is 16.5. The van der Waals surface area contributed by atoms with E-state index < -0.39 is 0 Å². The molecule has 0 unspecified atom stereocenters. The van der Waals surface area contributed by atoms with Crippen LogP contribution in [0.25, 0.3) is 10.9 Å². The molecule has 6 heteroatoms. The second kappa shape index (κ2) is 8.83. The summed E-state index contributed by atoms with van der Waals surface area (Å²) in [7, 11) is 0. The fraction of sp³-hybridized carbons (Fsp3) is 0.160. The van der Waals surface area contributed by atoms with Crippen LogP contribution in [0, 0.1) is 0 Å². The summed E-state index contributed by atoms with van der Waals surface area (Å²) in [6, 6.07) is 23.6. The van der Waals surface area contributed by atoms with Crippen molar-refractivity contribution in [2.75, 3.05) is 0 Å². The largest absolute Gasteiger partial charge is 0.457 e. The Bertz CT molecular complexity index is 1250. The number of nitrogens with one attached hydrogen (secondary N) is 1. The van der Waals surface area contributed by atoms with Crippen molar-refractivity contribution < 1.29 is 9.53 Å². The van der Waals surface area contributed by atoms with Gasteiger partial charge in [-0.25, -0.2) is 4.98 Å². The number of carbonyl (C=O) groups excluding carboxylic acids is 1. The third-order valence-electron chi connectivity index (χ3n) is 4.95. The van der Waals surface area contributed by atoms with E-state index in [0.29, 0.717) is 28.0 Å². The van der Waals surface area contributed by atoms with E-state index in [4.69, 9.17) is 4.74 Å². The highest BCUT2D eigenvalue weighted by Crippen LogP contribution is 2.22. The summed E-state index contributed by atoms with van der Waals surface area (Å²) in [5.41, 5.74) is 0.941. The molecule has 1 heterocycles. The maximum Gasteiger partial charge on any atom is 0.258 e. The first-order chi connectivity index (χ1) is 15.0. The maximum atomic E-state index is 13.2. The molecule has 31 heavy (non-hydrogen) atoms. The van der Waals surface area contributed by atoms with Gasteiger partial charge in [0.25, 0.3) is 11.5 Å². The van der Waals surface area contributed by atoms with Gasteiger partial charge in [0, 0.05) is 11.6 Å². The van der Waals surface area contributed by atoms with Gasteiger partial charge in [0.15, 0.2) is 0 Å². The molecule has 0 fully saturated rings. The van der Waals surface area contributed by atoms with Crippen LogP contribution in [0.2, 0.25) is 0 Å². The Morgan fingerprint density at radius 1 is 0.935 bits per heavy atom. The van der Waals surface area contributed by atoms with Crippen LogP contribution in [0.1, 0.15) is 30.0 Å². The smallest absolute Gasteiger partial charge is 0.258 e. The topological polar surface area (TPSA) is 75.3 Å². The lowest BCUT2D eigenvalue weighted by molar-refractivity contribution is 0.0685. The first-order valence-electron chi connectivity index (χ1n) is 10.1. The summed E-state index contributed by atoms with van der Waals surface area (Å²) in [6.45, 7) is 4.08. The Balaban J connectivity index is 1.54. The second-order valence-electron chi connectivity index (χ2n) is 7.50. The first-order valence-corrected chi connectivity index (χ1v) is 10.1. The van der Waals surface area contributed by atoms with E-state index in [0.717, 1.165) is 5.75 Å².